The molecule has 1 N–H and O–H groups in total. The number of nitrogens with zero attached hydrogens (tertiary/aromatic N) is 1. The number of nitrogens with one attached hydrogen (secondary N) is 1. The molecule has 0 radical (unpaired) electrons. The van der Waals surface area contributed by atoms with E-state index in [1.54, 1.807) is 0 Å². The minimum Gasteiger partial charge on any atom is -0.465 e. The van der Waals surface area contributed by atoms with Crippen LogP contribution in [-0.2, 0) is 22.5 Å². The van der Waals surface area contributed by atoms with Crippen LogP contribution < -0.4 is 5.32 Å². The molecule has 1 heterocycles. The highest BCUT2D eigenvalue weighted by Crippen LogP contribution is 2.22. The average Bonchev–Trinajstić information content (AvgIpc) is 2.68. The van der Waals surface area contributed by atoms with Crippen molar-refractivity contribution in [1.29, 1.82) is 0 Å². The van der Waals surface area contributed by atoms with Crippen LogP contribution in [0.15, 0.2) is 36.4 Å². The summed E-state index contributed by atoms with van der Waals surface area (Å²) < 4.78 is 31.5. The third-order valence-electron chi connectivity index (χ3n) is 4.60. The Hall–Kier alpha value is -2.80. The van der Waals surface area contributed by atoms with Crippen LogP contribution in [0.25, 0.3) is 0 Å². The number of amides is 1. The zero-order valence-corrected chi connectivity index (χ0v) is 14.9. The number of carbonyl (C=O) groups is 2. The Morgan fingerprint density at radius 3 is 2.59 bits per heavy atom. The van der Waals surface area contributed by atoms with Gasteiger partial charge in [0.05, 0.1) is 18.4 Å². The van der Waals surface area contributed by atoms with Gasteiger partial charge >= 0.3 is 5.97 Å². The lowest BCUT2D eigenvalue weighted by Gasteiger charge is -2.28. The molecule has 5 nitrogen and oxygen atoms in total. The number of benzene rings is 2. The summed E-state index contributed by atoms with van der Waals surface area (Å²) in [5.41, 5.74) is 2.24. The van der Waals surface area contributed by atoms with Crippen molar-refractivity contribution in [2.75, 3.05) is 25.5 Å². The number of esters is 1. The number of carbonyl (C=O) groups excluding carboxylic acids is 2. The van der Waals surface area contributed by atoms with Gasteiger partial charge in [0.25, 0.3) is 0 Å². The predicted molar refractivity (Wildman–Crippen MR) is 96.4 cm³/mol. The van der Waals surface area contributed by atoms with Crippen LogP contribution in [0.5, 0.6) is 0 Å². The lowest BCUT2D eigenvalue weighted by molar-refractivity contribution is -0.116. The molecule has 0 fully saturated rings. The predicted octanol–water partition coefficient (Wildman–Crippen LogP) is 3.14. The molecule has 7 heteroatoms. The van der Waals surface area contributed by atoms with Crippen molar-refractivity contribution in [3.05, 3.63) is 64.7 Å². The maximum absolute atomic E-state index is 13.5. The first-order valence-electron chi connectivity index (χ1n) is 8.64. The molecule has 0 saturated carbocycles. The summed E-state index contributed by atoms with van der Waals surface area (Å²) in [5.74, 6) is -3.56. The fraction of sp³-hybridized carbons (Fsp3) is 0.300. The van der Waals surface area contributed by atoms with E-state index in [9.17, 15) is 18.4 Å². The standard InChI is InChI=1S/C20H20F2N2O3/c1-27-20(26)15-10-16(21)17(22)11-18(15)23-19(25)7-9-24-8-6-13-4-2-3-5-14(13)12-24/h2-5,10-11H,6-9,12H2,1H3,(H,23,25). The molecular formula is C20H20F2N2O3. The first-order chi connectivity index (χ1) is 13.0. The van der Waals surface area contributed by atoms with Crippen molar-refractivity contribution in [2.45, 2.75) is 19.4 Å². The Labute approximate surface area is 155 Å². The molecule has 0 aromatic heterocycles. The molecule has 2 aromatic carbocycles. The third kappa shape index (κ3) is 4.49. The monoisotopic (exact) mass is 374 g/mol. The van der Waals surface area contributed by atoms with Gasteiger partial charge in [-0.05, 0) is 23.6 Å². The number of methoxy groups -OCH3 is 1. The molecule has 3 rings (SSSR count). The Morgan fingerprint density at radius 1 is 1.15 bits per heavy atom. The molecule has 0 spiro atoms. The average molecular weight is 374 g/mol. The molecular weight excluding hydrogens is 354 g/mol. The molecule has 0 unspecified atom stereocenters. The van der Waals surface area contributed by atoms with Gasteiger partial charge in [-0.25, -0.2) is 13.6 Å². The summed E-state index contributed by atoms with van der Waals surface area (Å²) in [5, 5.41) is 2.48. The molecule has 1 aliphatic rings. The summed E-state index contributed by atoms with van der Waals surface area (Å²) >= 11 is 0. The van der Waals surface area contributed by atoms with Crippen LogP contribution in [0.2, 0.25) is 0 Å². The van der Waals surface area contributed by atoms with Crippen molar-refractivity contribution in [3.63, 3.8) is 0 Å². The number of ether oxygens (including phenoxy) is 1. The number of hydrogen-bond acceptors (Lipinski definition) is 4. The van der Waals surface area contributed by atoms with E-state index in [1.165, 1.54) is 11.1 Å². The smallest absolute Gasteiger partial charge is 0.340 e. The van der Waals surface area contributed by atoms with Crippen LogP contribution in [0, 0.1) is 11.6 Å². The minimum atomic E-state index is -1.18. The lowest BCUT2D eigenvalue weighted by atomic mass is 10.00. The summed E-state index contributed by atoms with van der Waals surface area (Å²) in [7, 11) is 1.13. The van der Waals surface area contributed by atoms with Gasteiger partial charge < -0.3 is 10.1 Å². The fourth-order valence-corrected chi connectivity index (χ4v) is 3.15. The van der Waals surface area contributed by atoms with E-state index in [0.29, 0.717) is 6.54 Å². The maximum Gasteiger partial charge on any atom is 0.340 e. The van der Waals surface area contributed by atoms with Gasteiger partial charge in [-0.2, -0.15) is 0 Å². The largest absolute Gasteiger partial charge is 0.465 e. The third-order valence-corrected chi connectivity index (χ3v) is 4.60. The Morgan fingerprint density at radius 2 is 1.85 bits per heavy atom. The molecule has 1 aliphatic heterocycles. The first kappa shape index (κ1) is 19.0. The van der Waals surface area contributed by atoms with Gasteiger partial charge in [0.15, 0.2) is 11.6 Å². The SMILES string of the molecule is COC(=O)c1cc(F)c(F)cc1NC(=O)CCN1CCc2ccccc2C1. The van der Waals surface area contributed by atoms with E-state index in [2.05, 4.69) is 27.1 Å². The zero-order valence-electron chi connectivity index (χ0n) is 14.9. The highest BCUT2D eigenvalue weighted by molar-refractivity contribution is 6.01. The number of fused-ring (bicyclic) bond motifs is 1. The van der Waals surface area contributed by atoms with Gasteiger partial charge in [0.1, 0.15) is 0 Å². The van der Waals surface area contributed by atoms with Crippen molar-refractivity contribution in [3.8, 4) is 0 Å². The van der Waals surface area contributed by atoms with Gasteiger partial charge in [-0.1, -0.05) is 24.3 Å². The van der Waals surface area contributed by atoms with E-state index >= 15 is 0 Å². The highest BCUT2D eigenvalue weighted by Gasteiger charge is 2.20. The zero-order chi connectivity index (χ0) is 19.4. The van der Waals surface area contributed by atoms with Crippen molar-refractivity contribution >= 4 is 17.6 Å². The second-order valence-electron chi connectivity index (χ2n) is 6.40. The Kier molecular flexibility index (Phi) is 5.81. The number of halogens is 2. The molecule has 2 aromatic rings. The quantitative estimate of drug-likeness (QED) is 0.817. The van der Waals surface area contributed by atoms with Crippen LogP contribution in [-0.4, -0.2) is 37.0 Å². The Bertz CT molecular complexity index is 870. The summed E-state index contributed by atoms with van der Waals surface area (Å²) in [6.45, 7) is 2.14. The van der Waals surface area contributed by atoms with E-state index in [4.69, 9.17) is 0 Å². The van der Waals surface area contributed by atoms with Crippen LogP contribution in [0.3, 0.4) is 0 Å². The minimum absolute atomic E-state index is 0.102. The van der Waals surface area contributed by atoms with E-state index in [1.807, 2.05) is 12.1 Å². The van der Waals surface area contributed by atoms with Gasteiger partial charge in [-0.15, -0.1) is 0 Å². The Balaban J connectivity index is 1.62. The summed E-state index contributed by atoms with van der Waals surface area (Å²) in [6.07, 6.45) is 1.09. The number of rotatable bonds is 5. The molecule has 0 atom stereocenters. The molecule has 27 heavy (non-hydrogen) atoms. The molecule has 142 valence electrons. The normalized spacial score (nSPS) is 13.7. The molecule has 0 aliphatic carbocycles. The van der Waals surface area contributed by atoms with E-state index < -0.39 is 17.6 Å². The fourth-order valence-electron chi connectivity index (χ4n) is 3.15. The van der Waals surface area contributed by atoms with Crippen LogP contribution >= 0.6 is 0 Å². The van der Waals surface area contributed by atoms with Crippen molar-refractivity contribution < 1.29 is 23.1 Å². The van der Waals surface area contributed by atoms with Crippen LogP contribution in [0.1, 0.15) is 27.9 Å². The van der Waals surface area contributed by atoms with Gasteiger partial charge in [-0.3, -0.25) is 9.69 Å². The van der Waals surface area contributed by atoms with Crippen LogP contribution in [0.4, 0.5) is 14.5 Å². The molecule has 0 bridgehead atoms. The van der Waals surface area contributed by atoms with E-state index in [0.717, 1.165) is 38.8 Å². The second-order valence-corrected chi connectivity index (χ2v) is 6.40. The number of hydrogen-bond donors (Lipinski definition) is 1. The first-order valence-corrected chi connectivity index (χ1v) is 8.64. The van der Waals surface area contributed by atoms with E-state index in [-0.39, 0.29) is 23.6 Å². The summed E-state index contributed by atoms with van der Waals surface area (Å²) in [6, 6.07) is 9.70. The van der Waals surface area contributed by atoms with Crippen molar-refractivity contribution in [1.82, 2.24) is 4.90 Å². The molecule has 0 saturated heterocycles. The number of anilines is 1. The van der Waals surface area contributed by atoms with Crippen molar-refractivity contribution in [2.24, 2.45) is 0 Å². The topological polar surface area (TPSA) is 58.6 Å². The maximum atomic E-state index is 13.5. The highest BCUT2D eigenvalue weighted by atomic mass is 19.2. The van der Waals surface area contributed by atoms with Gasteiger partial charge in [0, 0.05) is 32.1 Å². The van der Waals surface area contributed by atoms with Gasteiger partial charge in [0.2, 0.25) is 5.91 Å². The molecule has 1 amide bonds. The summed E-state index contributed by atoms with van der Waals surface area (Å²) in [4.78, 5) is 26.1. The second kappa shape index (κ2) is 8.26. The lowest BCUT2D eigenvalue weighted by Crippen LogP contribution is -2.33.